The molecule has 0 fully saturated rings. The minimum Gasteiger partial charge on any atom is -0.300 e. The summed E-state index contributed by atoms with van der Waals surface area (Å²) in [6.07, 6.45) is 0.153. The van der Waals surface area contributed by atoms with Gasteiger partial charge >= 0.3 is 0 Å². The van der Waals surface area contributed by atoms with Crippen molar-refractivity contribution < 1.29 is 13.6 Å². The third-order valence-electron chi connectivity index (χ3n) is 2.17. The lowest BCUT2D eigenvalue weighted by Gasteiger charge is -2.13. The van der Waals surface area contributed by atoms with Gasteiger partial charge in [0.1, 0.15) is 5.78 Å². The molecular formula is C11H11ClF2O. The maximum atomic E-state index is 13.4. The first-order valence-corrected chi connectivity index (χ1v) is 4.94. The van der Waals surface area contributed by atoms with Crippen molar-refractivity contribution >= 4 is 17.4 Å². The van der Waals surface area contributed by atoms with Crippen LogP contribution in [-0.4, -0.2) is 5.78 Å². The largest absolute Gasteiger partial charge is 0.300 e. The SMILES string of the molecule is CC(=O)CC(C)c1c(Cl)ccc(F)c1F. The van der Waals surface area contributed by atoms with Crippen LogP contribution in [0.3, 0.4) is 0 Å². The van der Waals surface area contributed by atoms with Crippen LogP contribution in [0.4, 0.5) is 8.78 Å². The van der Waals surface area contributed by atoms with E-state index in [1.807, 2.05) is 0 Å². The standard InChI is InChI=1S/C11H11ClF2O/c1-6(5-7(2)15)10-8(12)3-4-9(13)11(10)14/h3-4,6H,5H2,1-2H3. The molecule has 1 atom stereocenters. The molecule has 0 N–H and O–H groups in total. The van der Waals surface area contributed by atoms with Gasteiger partial charge in [-0.1, -0.05) is 18.5 Å². The van der Waals surface area contributed by atoms with Crippen LogP contribution in [0.15, 0.2) is 12.1 Å². The molecular weight excluding hydrogens is 222 g/mol. The maximum absolute atomic E-state index is 13.4. The van der Waals surface area contributed by atoms with Crippen molar-refractivity contribution in [2.24, 2.45) is 0 Å². The number of ketones is 1. The maximum Gasteiger partial charge on any atom is 0.163 e. The van der Waals surface area contributed by atoms with Crippen molar-refractivity contribution in [1.29, 1.82) is 0 Å². The van der Waals surface area contributed by atoms with Crippen LogP contribution in [0.1, 0.15) is 31.7 Å². The van der Waals surface area contributed by atoms with Crippen molar-refractivity contribution in [3.63, 3.8) is 0 Å². The van der Waals surface area contributed by atoms with Crippen molar-refractivity contribution in [2.75, 3.05) is 0 Å². The van der Waals surface area contributed by atoms with Gasteiger partial charge in [0.2, 0.25) is 0 Å². The highest BCUT2D eigenvalue weighted by molar-refractivity contribution is 6.31. The number of Topliss-reactive ketones (excluding diaryl/α,β-unsaturated/α-hetero) is 1. The van der Waals surface area contributed by atoms with Crippen LogP contribution < -0.4 is 0 Å². The Labute approximate surface area is 92.1 Å². The number of hydrogen-bond donors (Lipinski definition) is 0. The Morgan fingerprint density at radius 3 is 2.60 bits per heavy atom. The Morgan fingerprint density at radius 2 is 2.07 bits per heavy atom. The molecule has 82 valence electrons. The molecule has 1 aromatic rings. The summed E-state index contributed by atoms with van der Waals surface area (Å²) in [6, 6.07) is 2.27. The fraction of sp³-hybridized carbons (Fsp3) is 0.364. The van der Waals surface area contributed by atoms with E-state index < -0.39 is 17.6 Å². The molecule has 1 nitrogen and oxygen atoms in total. The van der Waals surface area contributed by atoms with Gasteiger partial charge in [0.05, 0.1) is 0 Å². The Hall–Kier alpha value is -0.960. The summed E-state index contributed by atoms with van der Waals surface area (Å²) in [7, 11) is 0. The number of benzene rings is 1. The molecule has 0 saturated heterocycles. The second-order valence-electron chi connectivity index (χ2n) is 3.56. The molecule has 0 radical (unpaired) electrons. The lowest BCUT2D eigenvalue weighted by atomic mass is 9.95. The number of halogens is 3. The lowest BCUT2D eigenvalue weighted by Crippen LogP contribution is -2.05. The first kappa shape index (κ1) is 12.1. The molecule has 0 spiro atoms. The van der Waals surface area contributed by atoms with Crippen molar-refractivity contribution in [2.45, 2.75) is 26.2 Å². The summed E-state index contributed by atoms with van der Waals surface area (Å²) in [5, 5.41) is 0.155. The molecule has 0 heterocycles. The molecule has 4 heteroatoms. The van der Waals surface area contributed by atoms with E-state index in [1.165, 1.54) is 13.0 Å². The molecule has 1 aromatic carbocycles. The van der Waals surface area contributed by atoms with Gasteiger partial charge in [0.15, 0.2) is 11.6 Å². The molecule has 0 aromatic heterocycles. The van der Waals surface area contributed by atoms with Gasteiger partial charge in [-0.15, -0.1) is 0 Å². The van der Waals surface area contributed by atoms with Gasteiger partial charge in [-0.2, -0.15) is 0 Å². The number of rotatable bonds is 3. The highest BCUT2D eigenvalue weighted by Crippen LogP contribution is 2.30. The van der Waals surface area contributed by atoms with E-state index in [2.05, 4.69) is 0 Å². The van der Waals surface area contributed by atoms with E-state index in [1.54, 1.807) is 6.92 Å². The average molecular weight is 233 g/mol. The zero-order chi connectivity index (χ0) is 11.6. The second kappa shape index (κ2) is 4.71. The summed E-state index contributed by atoms with van der Waals surface area (Å²) in [5.41, 5.74) is 0.0758. The van der Waals surface area contributed by atoms with Gasteiger partial charge in [-0.05, 0) is 25.0 Å². The average Bonchev–Trinajstić information content (AvgIpc) is 2.11. The lowest BCUT2D eigenvalue weighted by molar-refractivity contribution is -0.117. The Kier molecular flexibility index (Phi) is 3.80. The predicted octanol–water partition coefficient (Wildman–Crippen LogP) is 3.70. The van der Waals surface area contributed by atoms with E-state index in [0.717, 1.165) is 6.07 Å². The fourth-order valence-corrected chi connectivity index (χ4v) is 1.86. The van der Waals surface area contributed by atoms with Crippen LogP contribution in [0.5, 0.6) is 0 Å². The monoisotopic (exact) mass is 232 g/mol. The number of carbonyl (C=O) groups excluding carboxylic acids is 1. The number of carbonyl (C=O) groups is 1. The van der Waals surface area contributed by atoms with Crippen LogP contribution in [0.25, 0.3) is 0 Å². The molecule has 1 rings (SSSR count). The third kappa shape index (κ3) is 2.75. The van der Waals surface area contributed by atoms with E-state index in [9.17, 15) is 13.6 Å². The predicted molar refractivity (Wildman–Crippen MR) is 55.1 cm³/mol. The smallest absolute Gasteiger partial charge is 0.163 e. The highest BCUT2D eigenvalue weighted by Gasteiger charge is 2.19. The molecule has 0 amide bonds. The van der Waals surface area contributed by atoms with Crippen LogP contribution in [0.2, 0.25) is 5.02 Å². The van der Waals surface area contributed by atoms with E-state index in [0.29, 0.717) is 0 Å². The quantitative estimate of drug-likeness (QED) is 0.727. The molecule has 0 aliphatic carbocycles. The first-order chi connectivity index (χ1) is 6.93. The zero-order valence-electron chi connectivity index (χ0n) is 8.48. The van der Waals surface area contributed by atoms with Crippen molar-refractivity contribution in [3.05, 3.63) is 34.4 Å². The van der Waals surface area contributed by atoms with Crippen molar-refractivity contribution in [3.8, 4) is 0 Å². The van der Waals surface area contributed by atoms with Crippen LogP contribution in [-0.2, 0) is 4.79 Å². The van der Waals surface area contributed by atoms with Gasteiger partial charge in [-0.25, -0.2) is 8.78 Å². The highest BCUT2D eigenvalue weighted by atomic mass is 35.5. The summed E-state index contributed by atoms with van der Waals surface area (Å²) in [5.74, 6) is -2.39. The Morgan fingerprint density at radius 1 is 1.47 bits per heavy atom. The summed E-state index contributed by atoms with van der Waals surface area (Å²) >= 11 is 5.76. The van der Waals surface area contributed by atoms with Gasteiger partial charge in [-0.3, -0.25) is 0 Å². The molecule has 0 saturated carbocycles. The Balaban J connectivity index is 3.12. The fourth-order valence-electron chi connectivity index (χ4n) is 1.53. The normalized spacial score (nSPS) is 12.6. The first-order valence-electron chi connectivity index (χ1n) is 4.56. The Bertz CT molecular complexity index is 390. The topological polar surface area (TPSA) is 17.1 Å². The molecule has 0 aliphatic heterocycles. The van der Waals surface area contributed by atoms with E-state index in [-0.39, 0.29) is 22.8 Å². The van der Waals surface area contributed by atoms with Gasteiger partial charge < -0.3 is 4.79 Å². The molecule has 15 heavy (non-hydrogen) atoms. The molecule has 1 unspecified atom stereocenters. The zero-order valence-corrected chi connectivity index (χ0v) is 9.24. The molecule has 0 bridgehead atoms. The summed E-state index contributed by atoms with van der Waals surface area (Å²) in [6.45, 7) is 3.05. The van der Waals surface area contributed by atoms with Crippen LogP contribution in [0, 0.1) is 11.6 Å². The van der Waals surface area contributed by atoms with E-state index >= 15 is 0 Å². The van der Waals surface area contributed by atoms with Crippen LogP contribution >= 0.6 is 11.6 Å². The third-order valence-corrected chi connectivity index (χ3v) is 2.50. The minimum absolute atomic E-state index is 0.0758. The van der Waals surface area contributed by atoms with E-state index in [4.69, 9.17) is 11.6 Å². The number of hydrogen-bond acceptors (Lipinski definition) is 1. The van der Waals surface area contributed by atoms with Gasteiger partial charge in [0, 0.05) is 17.0 Å². The summed E-state index contributed by atoms with van der Waals surface area (Å²) < 4.78 is 26.3. The second-order valence-corrected chi connectivity index (χ2v) is 3.97. The van der Waals surface area contributed by atoms with Crippen molar-refractivity contribution in [1.82, 2.24) is 0 Å². The molecule has 0 aliphatic rings. The van der Waals surface area contributed by atoms with Gasteiger partial charge in [0.25, 0.3) is 0 Å². The summed E-state index contributed by atoms with van der Waals surface area (Å²) in [4.78, 5) is 10.9. The minimum atomic E-state index is -0.962.